The summed E-state index contributed by atoms with van der Waals surface area (Å²) in [6.07, 6.45) is 0. The van der Waals surface area contributed by atoms with Crippen LogP contribution in [0.25, 0.3) is 0 Å². The van der Waals surface area contributed by atoms with Crippen molar-refractivity contribution in [1.29, 1.82) is 5.26 Å². The molecule has 0 aliphatic heterocycles. The van der Waals surface area contributed by atoms with Crippen molar-refractivity contribution in [3.05, 3.63) is 65.0 Å². The number of hydrogen-bond acceptors (Lipinski definition) is 3. The van der Waals surface area contributed by atoms with E-state index in [9.17, 15) is 9.65 Å². The third-order valence-corrected chi connectivity index (χ3v) is 3.15. The summed E-state index contributed by atoms with van der Waals surface area (Å²) in [7, 11) is 1.61. The zero-order chi connectivity index (χ0) is 15.2. The van der Waals surface area contributed by atoms with Crippen molar-refractivity contribution in [2.75, 3.05) is 12.4 Å². The second-order valence-corrected chi connectivity index (χ2v) is 4.86. The van der Waals surface area contributed by atoms with Crippen LogP contribution >= 0.6 is 0 Å². The van der Waals surface area contributed by atoms with Crippen LogP contribution in [0.1, 0.15) is 22.7 Å². The van der Waals surface area contributed by atoms with Crippen LogP contribution in [0.15, 0.2) is 42.5 Å². The number of nitrogens with one attached hydrogen (secondary N) is 1. The van der Waals surface area contributed by atoms with Gasteiger partial charge in [0.05, 0.1) is 12.7 Å². The minimum Gasteiger partial charge on any atom is -0.380 e. The van der Waals surface area contributed by atoms with Gasteiger partial charge >= 0.3 is 0 Å². The summed E-state index contributed by atoms with van der Waals surface area (Å²) in [5.41, 5.74) is 3.17. The highest BCUT2D eigenvalue weighted by atomic mass is 19.1. The summed E-state index contributed by atoms with van der Waals surface area (Å²) in [6.45, 7) is 2.24. The summed E-state index contributed by atoms with van der Waals surface area (Å²) >= 11 is 0. The van der Waals surface area contributed by atoms with Crippen LogP contribution in [0.4, 0.5) is 10.1 Å². The molecule has 0 aliphatic rings. The summed E-state index contributed by atoms with van der Waals surface area (Å²) in [6, 6.07) is 13.9. The molecule has 2 aromatic rings. The molecule has 0 bridgehead atoms. The average molecular weight is 284 g/mol. The van der Waals surface area contributed by atoms with E-state index in [0.717, 1.165) is 16.7 Å². The van der Waals surface area contributed by atoms with Crippen LogP contribution < -0.4 is 5.32 Å². The molecule has 2 rings (SSSR count). The van der Waals surface area contributed by atoms with Crippen LogP contribution in [0, 0.1) is 24.1 Å². The molecular formula is C17H17FN2O. The Morgan fingerprint density at radius 3 is 2.71 bits per heavy atom. The molecule has 21 heavy (non-hydrogen) atoms. The van der Waals surface area contributed by atoms with Crippen molar-refractivity contribution in [2.45, 2.75) is 19.6 Å². The number of aryl methyl sites for hydroxylation is 1. The predicted octanol–water partition coefficient (Wildman–Crippen LogP) is 3.96. The summed E-state index contributed by atoms with van der Waals surface area (Å²) in [5, 5.41) is 12.5. The van der Waals surface area contributed by atoms with E-state index in [4.69, 9.17) is 4.74 Å². The van der Waals surface area contributed by atoms with E-state index in [0.29, 0.717) is 12.3 Å². The number of ether oxygens (including phenoxy) is 1. The van der Waals surface area contributed by atoms with Crippen molar-refractivity contribution in [3.8, 4) is 6.07 Å². The molecule has 2 aromatic carbocycles. The Labute approximate surface area is 124 Å². The second kappa shape index (κ2) is 6.87. The lowest BCUT2D eigenvalue weighted by Gasteiger charge is -2.17. The molecule has 0 radical (unpaired) electrons. The van der Waals surface area contributed by atoms with Crippen molar-refractivity contribution in [1.82, 2.24) is 0 Å². The van der Waals surface area contributed by atoms with Gasteiger partial charge in [-0.2, -0.15) is 5.26 Å². The number of halogens is 1. The van der Waals surface area contributed by atoms with Crippen LogP contribution in [-0.4, -0.2) is 7.11 Å². The number of nitriles is 1. The molecule has 0 amide bonds. The Morgan fingerprint density at radius 1 is 1.29 bits per heavy atom. The number of benzene rings is 2. The SMILES string of the molecule is COCc1ccccc1C(C#N)Nc1cc(C)cc(F)c1. The smallest absolute Gasteiger partial charge is 0.140 e. The van der Waals surface area contributed by atoms with E-state index < -0.39 is 6.04 Å². The minimum absolute atomic E-state index is 0.320. The molecule has 0 aliphatic carbocycles. The van der Waals surface area contributed by atoms with E-state index in [1.54, 1.807) is 7.11 Å². The third-order valence-electron chi connectivity index (χ3n) is 3.15. The Balaban J connectivity index is 2.30. The molecule has 0 fully saturated rings. The molecule has 0 aromatic heterocycles. The lowest BCUT2D eigenvalue weighted by molar-refractivity contribution is 0.184. The normalized spacial score (nSPS) is 11.7. The standard InChI is InChI=1S/C17H17FN2O/c1-12-7-14(18)9-15(8-12)20-17(10-19)16-6-4-3-5-13(16)11-21-2/h3-9,17,20H,11H2,1-2H3. The molecule has 0 saturated carbocycles. The van der Waals surface area contributed by atoms with E-state index in [1.807, 2.05) is 37.3 Å². The van der Waals surface area contributed by atoms with Crippen molar-refractivity contribution in [3.63, 3.8) is 0 Å². The molecular weight excluding hydrogens is 267 g/mol. The van der Waals surface area contributed by atoms with Gasteiger partial charge in [-0.3, -0.25) is 0 Å². The number of rotatable bonds is 5. The van der Waals surface area contributed by atoms with Crippen molar-refractivity contribution < 1.29 is 9.13 Å². The monoisotopic (exact) mass is 284 g/mol. The highest BCUT2D eigenvalue weighted by Gasteiger charge is 2.14. The lowest BCUT2D eigenvalue weighted by Crippen LogP contribution is -2.11. The van der Waals surface area contributed by atoms with Crippen LogP contribution in [-0.2, 0) is 11.3 Å². The molecule has 0 saturated heterocycles. The minimum atomic E-state index is -0.558. The third kappa shape index (κ3) is 3.80. The fourth-order valence-electron chi connectivity index (χ4n) is 2.27. The van der Waals surface area contributed by atoms with E-state index >= 15 is 0 Å². The van der Waals surface area contributed by atoms with E-state index in [2.05, 4.69) is 11.4 Å². The molecule has 1 unspecified atom stereocenters. The van der Waals surface area contributed by atoms with Gasteiger partial charge in [-0.05, 0) is 41.8 Å². The van der Waals surface area contributed by atoms with Gasteiger partial charge in [0.1, 0.15) is 11.9 Å². The predicted molar refractivity (Wildman–Crippen MR) is 80.3 cm³/mol. The maximum absolute atomic E-state index is 13.4. The van der Waals surface area contributed by atoms with Crippen LogP contribution in [0.3, 0.4) is 0 Å². The zero-order valence-corrected chi connectivity index (χ0v) is 12.1. The number of methoxy groups -OCH3 is 1. The average Bonchev–Trinajstić information content (AvgIpc) is 2.45. The van der Waals surface area contributed by atoms with Crippen molar-refractivity contribution in [2.24, 2.45) is 0 Å². The highest BCUT2D eigenvalue weighted by molar-refractivity contribution is 5.50. The fourth-order valence-corrected chi connectivity index (χ4v) is 2.27. The van der Waals surface area contributed by atoms with Crippen molar-refractivity contribution >= 4 is 5.69 Å². The number of hydrogen-bond donors (Lipinski definition) is 1. The molecule has 3 nitrogen and oxygen atoms in total. The first-order valence-electron chi connectivity index (χ1n) is 6.64. The largest absolute Gasteiger partial charge is 0.380 e. The quantitative estimate of drug-likeness (QED) is 0.904. The first-order valence-corrected chi connectivity index (χ1v) is 6.64. The zero-order valence-electron chi connectivity index (χ0n) is 12.1. The Bertz CT molecular complexity index is 644. The molecule has 1 atom stereocenters. The summed E-state index contributed by atoms with van der Waals surface area (Å²) in [5.74, 6) is -0.320. The maximum Gasteiger partial charge on any atom is 0.140 e. The summed E-state index contributed by atoms with van der Waals surface area (Å²) in [4.78, 5) is 0. The Morgan fingerprint density at radius 2 is 2.05 bits per heavy atom. The van der Waals surface area contributed by atoms with Crippen LogP contribution in [0.5, 0.6) is 0 Å². The van der Waals surface area contributed by atoms with Gasteiger partial charge in [-0.1, -0.05) is 24.3 Å². The first-order chi connectivity index (χ1) is 10.1. The van der Waals surface area contributed by atoms with Gasteiger partial charge in [0.2, 0.25) is 0 Å². The Kier molecular flexibility index (Phi) is 4.91. The Hall–Kier alpha value is -2.38. The van der Waals surface area contributed by atoms with Gasteiger partial charge in [-0.25, -0.2) is 4.39 Å². The summed E-state index contributed by atoms with van der Waals surface area (Å²) < 4.78 is 18.6. The molecule has 108 valence electrons. The fraction of sp³-hybridized carbons (Fsp3) is 0.235. The van der Waals surface area contributed by atoms with Gasteiger partial charge < -0.3 is 10.1 Å². The van der Waals surface area contributed by atoms with Crippen LogP contribution in [0.2, 0.25) is 0 Å². The second-order valence-electron chi connectivity index (χ2n) is 4.86. The topological polar surface area (TPSA) is 45.0 Å². The molecule has 0 heterocycles. The number of anilines is 1. The number of nitrogens with zero attached hydrogens (tertiary/aromatic N) is 1. The van der Waals surface area contributed by atoms with Gasteiger partial charge in [0.25, 0.3) is 0 Å². The van der Waals surface area contributed by atoms with E-state index in [1.165, 1.54) is 12.1 Å². The maximum atomic E-state index is 13.4. The van der Waals surface area contributed by atoms with Gasteiger partial charge in [-0.15, -0.1) is 0 Å². The first kappa shape index (κ1) is 15.0. The molecule has 4 heteroatoms. The molecule has 0 spiro atoms. The lowest BCUT2D eigenvalue weighted by atomic mass is 10.0. The highest BCUT2D eigenvalue weighted by Crippen LogP contribution is 2.24. The van der Waals surface area contributed by atoms with E-state index in [-0.39, 0.29) is 5.82 Å². The van der Waals surface area contributed by atoms with Gasteiger partial charge in [0, 0.05) is 12.8 Å². The molecule has 1 N–H and O–H groups in total. The van der Waals surface area contributed by atoms with Gasteiger partial charge in [0.15, 0.2) is 0 Å².